The molecular formula is C20H21N3O6. The second-order valence-electron chi connectivity index (χ2n) is 6.18. The molecule has 9 heteroatoms. The zero-order valence-corrected chi connectivity index (χ0v) is 16.0. The van der Waals surface area contributed by atoms with Crippen LogP contribution in [0.25, 0.3) is 11.0 Å². The number of nitrogens with one attached hydrogen (secondary N) is 3. The molecule has 0 aliphatic carbocycles. The van der Waals surface area contributed by atoms with Crippen LogP contribution < -0.4 is 20.5 Å². The highest BCUT2D eigenvalue weighted by Crippen LogP contribution is 2.28. The van der Waals surface area contributed by atoms with Gasteiger partial charge in [0.05, 0.1) is 30.3 Å². The Balaban J connectivity index is 1.58. The number of benzene rings is 2. The molecule has 0 aliphatic rings. The summed E-state index contributed by atoms with van der Waals surface area (Å²) in [5.74, 6) is -0.232. The fourth-order valence-corrected chi connectivity index (χ4v) is 2.65. The van der Waals surface area contributed by atoms with Crippen molar-refractivity contribution in [3.63, 3.8) is 0 Å². The van der Waals surface area contributed by atoms with Crippen LogP contribution in [0.4, 0.5) is 5.69 Å². The Labute approximate surface area is 166 Å². The van der Waals surface area contributed by atoms with E-state index in [2.05, 4.69) is 15.3 Å². The molecule has 0 unspecified atom stereocenters. The van der Waals surface area contributed by atoms with Gasteiger partial charge in [-0.2, -0.15) is 0 Å². The van der Waals surface area contributed by atoms with Crippen molar-refractivity contribution < 1.29 is 23.8 Å². The third-order valence-corrected chi connectivity index (χ3v) is 4.00. The van der Waals surface area contributed by atoms with Crippen LogP contribution in [-0.2, 0) is 9.53 Å². The first-order valence-electron chi connectivity index (χ1n) is 9.00. The fourth-order valence-electron chi connectivity index (χ4n) is 2.65. The predicted molar refractivity (Wildman–Crippen MR) is 107 cm³/mol. The Bertz CT molecular complexity index is 1090. The molecule has 0 saturated heterocycles. The lowest BCUT2D eigenvalue weighted by Gasteiger charge is -2.11. The highest BCUT2D eigenvalue weighted by molar-refractivity contribution is 5.96. The first-order chi connectivity index (χ1) is 14.0. The molecule has 0 aliphatic heterocycles. The molecule has 29 heavy (non-hydrogen) atoms. The van der Waals surface area contributed by atoms with Gasteiger partial charge in [0.1, 0.15) is 0 Å². The SMILES string of the molecule is CCCOc1ccc(C(=O)OCC(=O)Nc2ccc3[nH]c(=O)[nH]c3c2)cc1OC. The van der Waals surface area contributed by atoms with Crippen molar-refractivity contribution in [1.29, 1.82) is 0 Å². The van der Waals surface area contributed by atoms with Gasteiger partial charge in [-0.25, -0.2) is 9.59 Å². The lowest BCUT2D eigenvalue weighted by molar-refractivity contribution is -0.119. The predicted octanol–water partition coefficient (Wildman–Crippen LogP) is 2.45. The Morgan fingerprint density at radius 1 is 1.03 bits per heavy atom. The quantitative estimate of drug-likeness (QED) is 0.500. The molecule has 9 nitrogen and oxygen atoms in total. The van der Waals surface area contributed by atoms with Crippen LogP contribution in [0.3, 0.4) is 0 Å². The Kier molecular flexibility index (Phi) is 6.18. The van der Waals surface area contributed by atoms with Gasteiger partial charge in [-0.15, -0.1) is 0 Å². The molecule has 0 radical (unpaired) electrons. The van der Waals surface area contributed by atoms with Gasteiger partial charge in [-0.05, 0) is 42.8 Å². The highest BCUT2D eigenvalue weighted by atomic mass is 16.5. The summed E-state index contributed by atoms with van der Waals surface area (Å²) in [5, 5.41) is 2.61. The van der Waals surface area contributed by atoms with E-state index in [0.29, 0.717) is 34.8 Å². The zero-order chi connectivity index (χ0) is 20.8. The number of hydrogen-bond donors (Lipinski definition) is 3. The van der Waals surface area contributed by atoms with E-state index in [1.54, 1.807) is 30.3 Å². The highest BCUT2D eigenvalue weighted by Gasteiger charge is 2.14. The number of imidazole rings is 1. The molecule has 3 rings (SSSR count). The molecule has 0 spiro atoms. The molecule has 1 aromatic heterocycles. The minimum Gasteiger partial charge on any atom is -0.493 e. The van der Waals surface area contributed by atoms with Gasteiger partial charge in [-0.3, -0.25) is 4.79 Å². The first kappa shape index (κ1) is 20.0. The van der Waals surface area contributed by atoms with Crippen LogP contribution in [0.1, 0.15) is 23.7 Å². The maximum absolute atomic E-state index is 12.2. The molecule has 0 bridgehead atoms. The van der Waals surface area contributed by atoms with E-state index in [4.69, 9.17) is 14.2 Å². The number of ether oxygens (including phenoxy) is 3. The number of carbonyl (C=O) groups is 2. The van der Waals surface area contributed by atoms with Gasteiger partial charge in [-0.1, -0.05) is 6.92 Å². The van der Waals surface area contributed by atoms with Crippen molar-refractivity contribution in [3.05, 3.63) is 52.4 Å². The van der Waals surface area contributed by atoms with Gasteiger partial charge in [0, 0.05) is 5.69 Å². The largest absolute Gasteiger partial charge is 0.493 e. The Morgan fingerprint density at radius 3 is 2.59 bits per heavy atom. The van der Waals surface area contributed by atoms with E-state index in [9.17, 15) is 14.4 Å². The lowest BCUT2D eigenvalue weighted by Crippen LogP contribution is -2.21. The molecule has 3 aromatic rings. The zero-order valence-electron chi connectivity index (χ0n) is 16.0. The molecule has 2 aromatic carbocycles. The summed E-state index contributed by atoms with van der Waals surface area (Å²) in [7, 11) is 1.48. The van der Waals surface area contributed by atoms with Crippen molar-refractivity contribution in [2.45, 2.75) is 13.3 Å². The van der Waals surface area contributed by atoms with Gasteiger partial charge in [0.15, 0.2) is 18.1 Å². The van der Waals surface area contributed by atoms with E-state index < -0.39 is 18.5 Å². The smallest absolute Gasteiger partial charge is 0.338 e. The summed E-state index contributed by atoms with van der Waals surface area (Å²) in [6.45, 7) is 2.05. The third-order valence-electron chi connectivity index (χ3n) is 4.00. The molecule has 3 N–H and O–H groups in total. The number of methoxy groups -OCH3 is 1. The van der Waals surface area contributed by atoms with Crippen molar-refractivity contribution in [3.8, 4) is 11.5 Å². The summed E-state index contributed by atoms with van der Waals surface area (Å²) in [4.78, 5) is 40.8. The second kappa shape index (κ2) is 8.96. The number of aromatic nitrogens is 2. The van der Waals surface area contributed by atoms with E-state index in [1.165, 1.54) is 13.2 Å². The van der Waals surface area contributed by atoms with Gasteiger partial charge >= 0.3 is 11.7 Å². The van der Waals surface area contributed by atoms with Crippen LogP contribution >= 0.6 is 0 Å². The van der Waals surface area contributed by atoms with E-state index in [0.717, 1.165) is 6.42 Å². The third kappa shape index (κ3) is 4.95. The van der Waals surface area contributed by atoms with Crippen molar-refractivity contribution >= 4 is 28.6 Å². The van der Waals surface area contributed by atoms with E-state index in [1.807, 2.05) is 6.92 Å². The van der Waals surface area contributed by atoms with Crippen molar-refractivity contribution in [2.24, 2.45) is 0 Å². The standard InChI is InChI=1S/C20H21N3O6/c1-3-8-28-16-7-4-12(9-17(16)27-2)19(25)29-11-18(24)21-13-5-6-14-15(10-13)23-20(26)22-14/h4-7,9-10H,3,8,11H2,1-2H3,(H,21,24)(H2,22,23,26). The van der Waals surface area contributed by atoms with Gasteiger partial charge in [0.2, 0.25) is 0 Å². The number of fused-ring (bicyclic) bond motifs is 1. The molecular weight excluding hydrogens is 378 g/mol. The van der Waals surface area contributed by atoms with Crippen LogP contribution in [0.2, 0.25) is 0 Å². The maximum atomic E-state index is 12.2. The molecule has 152 valence electrons. The van der Waals surface area contributed by atoms with Gasteiger partial charge in [0.25, 0.3) is 5.91 Å². The number of carbonyl (C=O) groups excluding carboxylic acids is 2. The Hall–Kier alpha value is -3.75. The number of aromatic amines is 2. The monoisotopic (exact) mass is 399 g/mol. The molecule has 1 amide bonds. The minimum atomic E-state index is -0.661. The van der Waals surface area contributed by atoms with E-state index >= 15 is 0 Å². The minimum absolute atomic E-state index is 0.241. The van der Waals surface area contributed by atoms with Crippen LogP contribution in [0.5, 0.6) is 11.5 Å². The molecule has 0 saturated carbocycles. The number of anilines is 1. The summed E-state index contributed by atoms with van der Waals surface area (Å²) in [6, 6.07) is 9.56. The summed E-state index contributed by atoms with van der Waals surface area (Å²) < 4.78 is 15.8. The number of rotatable bonds is 8. The summed E-state index contributed by atoms with van der Waals surface area (Å²) >= 11 is 0. The second-order valence-corrected chi connectivity index (χ2v) is 6.18. The van der Waals surface area contributed by atoms with E-state index in [-0.39, 0.29) is 11.3 Å². The van der Waals surface area contributed by atoms with Crippen molar-refractivity contribution in [2.75, 3.05) is 25.6 Å². The number of esters is 1. The molecule has 0 atom stereocenters. The fraction of sp³-hybridized carbons (Fsp3) is 0.250. The van der Waals surface area contributed by atoms with Crippen LogP contribution in [0.15, 0.2) is 41.2 Å². The summed E-state index contributed by atoms with van der Waals surface area (Å²) in [6.07, 6.45) is 0.842. The number of hydrogen-bond acceptors (Lipinski definition) is 6. The Morgan fingerprint density at radius 2 is 1.83 bits per heavy atom. The molecule has 1 heterocycles. The molecule has 0 fully saturated rings. The topological polar surface area (TPSA) is 123 Å². The summed E-state index contributed by atoms with van der Waals surface area (Å²) in [5.41, 5.74) is 1.55. The maximum Gasteiger partial charge on any atom is 0.338 e. The lowest BCUT2D eigenvalue weighted by atomic mass is 10.2. The van der Waals surface area contributed by atoms with Crippen molar-refractivity contribution in [1.82, 2.24) is 9.97 Å². The average molecular weight is 399 g/mol. The number of amides is 1. The van der Waals surface area contributed by atoms with Crippen LogP contribution in [-0.4, -0.2) is 42.2 Å². The normalized spacial score (nSPS) is 10.6. The number of H-pyrrole nitrogens is 2. The first-order valence-corrected chi connectivity index (χ1v) is 9.00. The van der Waals surface area contributed by atoms with Gasteiger partial charge < -0.3 is 29.5 Å². The van der Waals surface area contributed by atoms with Crippen LogP contribution in [0, 0.1) is 0 Å². The average Bonchev–Trinajstić information content (AvgIpc) is 3.09.